The normalized spacial score (nSPS) is 13.6. The Morgan fingerprint density at radius 2 is 1.18 bits per heavy atom. The quantitative estimate of drug-likeness (QED) is 0.649. The van der Waals surface area contributed by atoms with Crippen LogP contribution >= 0.6 is 12.6 Å². The maximum Gasteiger partial charge on any atom is 0.127 e. The molecule has 0 radical (unpaired) electrons. The molecule has 0 aliphatic heterocycles. The van der Waals surface area contributed by atoms with Gasteiger partial charge in [0.1, 0.15) is 5.75 Å². The number of rotatable bonds is 3. The first-order valence-electron chi connectivity index (χ1n) is 8.22. The van der Waals surface area contributed by atoms with Crippen molar-refractivity contribution in [3.63, 3.8) is 0 Å². The Bertz CT molecular complexity index is 487. The van der Waals surface area contributed by atoms with Crippen molar-refractivity contribution in [1.82, 2.24) is 0 Å². The standard InChI is InChI=1S/C20H34OS/c1-13(2)21-17-15(18(3,4)5)11-14(20(9,10)22)12-16(17)19(6,7)8/h11-13,22H,1-10H3. The average molecular weight is 323 g/mol. The van der Waals surface area contributed by atoms with Crippen LogP contribution < -0.4 is 4.74 Å². The van der Waals surface area contributed by atoms with Gasteiger partial charge in [-0.15, -0.1) is 0 Å². The molecule has 1 nitrogen and oxygen atoms in total. The zero-order valence-electron chi connectivity index (χ0n) is 16.1. The average Bonchev–Trinajstić information content (AvgIpc) is 2.23. The van der Waals surface area contributed by atoms with Gasteiger partial charge in [-0.1, -0.05) is 53.7 Å². The fraction of sp³-hybridized carbons (Fsp3) is 0.700. The first-order valence-corrected chi connectivity index (χ1v) is 8.67. The summed E-state index contributed by atoms with van der Waals surface area (Å²) < 4.78 is 6.10. The van der Waals surface area contributed by atoms with Crippen LogP contribution in [0.1, 0.15) is 85.9 Å². The second-order valence-corrected chi connectivity index (χ2v) is 10.2. The molecule has 126 valence electrons. The number of ether oxygens (including phenoxy) is 1. The van der Waals surface area contributed by atoms with E-state index in [-0.39, 0.29) is 21.7 Å². The predicted octanol–water partition coefficient (Wildman–Crippen LogP) is 6.23. The van der Waals surface area contributed by atoms with Crippen LogP contribution in [0.2, 0.25) is 0 Å². The van der Waals surface area contributed by atoms with Crippen LogP contribution in [0.25, 0.3) is 0 Å². The highest BCUT2D eigenvalue weighted by atomic mass is 32.1. The van der Waals surface area contributed by atoms with E-state index in [1.807, 2.05) is 0 Å². The second-order valence-electron chi connectivity index (χ2n) is 9.13. The van der Waals surface area contributed by atoms with Gasteiger partial charge in [0, 0.05) is 15.9 Å². The third kappa shape index (κ3) is 4.68. The van der Waals surface area contributed by atoms with Gasteiger partial charge in [-0.05, 0) is 44.1 Å². The van der Waals surface area contributed by atoms with Gasteiger partial charge in [-0.3, -0.25) is 0 Å². The maximum absolute atomic E-state index is 6.27. The molecule has 0 amide bonds. The molecule has 0 saturated carbocycles. The van der Waals surface area contributed by atoms with Crippen molar-refractivity contribution in [2.24, 2.45) is 0 Å². The van der Waals surface area contributed by atoms with Crippen LogP contribution in [0, 0.1) is 0 Å². The number of hydrogen-bond donors (Lipinski definition) is 1. The van der Waals surface area contributed by atoms with Gasteiger partial charge in [0.15, 0.2) is 0 Å². The van der Waals surface area contributed by atoms with E-state index in [2.05, 4.69) is 81.4 Å². The number of hydrogen-bond acceptors (Lipinski definition) is 2. The molecule has 0 atom stereocenters. The fourth-order valence-corrected chi connectivity index (χ4v) is 2.59. The van der Waals surface area contributed by atoms with Crippen molar-refractivity contribution >= 4 is 12.6 Å². The summed E-state index contributed by atoms with van der Waals surface area (Å²) in [5, 5.41) is 0. The summed E-state index contributed by atoms with van der Waals surface area (Å²) in [7, 11) is 0. The second kappa shape index (κ2) is 6.11. The first kappa shape index (κ1) is 19.4. The lowest BCUT2D eigenvalue weighted by Gasteiger charge is -2.33. The summed E-state index contributed by atoms with van der Waals surface area (Å²) in [5.41, 5.74) is 3.84. The van der Waals surface area contributed by atoms with E-state index < -0.39 is 0 Å². The van der Waals surface area contributed by atoms with Crippen molar-refractivity contribution in [2.45, 2.75) is 90.9 Å². The Labute approximate surface area is 143 Å². The lowest BCUT2D eigenvalue weighted by atomic mass is 9.77. The minimum Gasteiger partial charge on any atom is -0.490 e. The van der Waals surface area contributed by atoms with Crippen molar-refractivity contribution in [2.75, 3.05) is 0 Å². The molecule has 0 saturated heterocycles. The van der Waals surface area contributed by atoms with Gasteiger partial charge in [-0.25, -0.2) is 0 Å². The molecule has 1 aromatic carbocycles. The van der Waals surface area contributed by atoms with Crippen molar-refractivity contribution < 1.29 is 4.74 Å². The number of thiol groups is 1. The van der Waals surface area contributed by atoms with Gasteiger partial charge in [0.05, 0.1) is 6.10 Å². The van der Waals surface area contributed by atoms with Crippen LogP contribution in [0.3, 0.4) is 0 Å². The third-order valence-corrected chi connectivity index (χ3v) is 4.02. The summed E-state index contributed by atoms with van der Waals surface area (Å²) in [6.07, 6.45) is 0.164. The van der Waals surface area contributed by atoms with Gasteiger partial charge < -0.3 is 4.74 Å². The summed E-state index contributed by atoms with van der Waals surface area (Å²) in [6, 6.07) is 4.56. The monoisotopic (exact) mass is 322 g/mol. The molecule has 22 heavy (non-hydrogen) atoms. The third-order valence-electron chi connectivity index (χ3n) is 3.76. The molecule has 2 heteroatoms. The molecule has 0 aliphatic rings. The van der Waals surface area contributed by atoms with Gasteiger partial charge in [0.25, 0.3) is 0 Å². The molecular formula is C20H34OS. The fourth-order valence-electron chi connectivity index (χ4n) is 2.46. The molecule has 0 spiro atoms. The summed E-state index contributed by atoms with van der Waals surface area (Å²) in [6.45, 7) is 22.0. The molecule has 0 aromatic heterocycles. The highest BCUT2D eigenvalue weighted by Gasteiger charge is 2.30. The molecule has 0 fully saturated rings. The Balaban J connectivity index is 3.78. The van der Waals surface area contributed by atoms with Crippen LogP contribution in [0.15, 0.2) is 12.1 Å². The van der Waals surface area contributed by atoms with Crippen molar-refractivity contribution in [3.8, 4) is 5.75 Å². The van der Waals surface area contributed by atoms with Crippen LogP contribution in [0.5, 0.6) is 5.75 Å². The minimum atomic E-state index is -0.170. The van der Waals surface area contributed by atoms with Gasteiger partial charge in [-0.2, -0.15) is 12.6 Å². The Hall–Kier alpha value is -0.630. The summed E-state index contributed by atoms with van der Waals surface area (Å²) in [4.78, 5) is 0. The molecule has 0 aliphatic carbocycles. The zero-order valence-corrected chi connectivity index (χ0v) is 17.0. The molecule has 1 rings (SSSR count). The summed E-state index contributed by atoms with van der Waals surface area (Å²) >= 11 is 4.79. The van der Waals surface area contributed by atoms with E-state index in [0.717, 1.165) is 5.75 Å². The Morgan fingerprint density at radius 1 is 0.818 bits per heavy atom. The molecule has 0 unspecified atom stereocenters. The molecule has 0 N–H and O–H groups in total. The largest absolute Gasteiger partial charge is 0.490 e. The van der Waals surface area contributed by atoms with E-state index in [1.54, 1.807) is 0 Å². The zero-order chi connectivity index (χ0) is 17.5. The van der Waals surface area contributed by atoms with E-state index in [9.17, 15) is 0 Å². The smallest absolute Gasteiger partial charge is 0.127 e. The van der Waals surface area contributed by atoms with Crippen LogP contribution in [-0.4, -0.2) is 6.10 Å². The molecule has 0 bridgehead atoms. The Morgan fingerprint density at radius 3 is 1.41 bits per heavy atom. The highest BCUT2D eigenvalue weighted by molar-refractivity contribution is 7.81. The molecule has 0 heterocycles. The van der Waals surface area contributed by atoms with E-state index in [1.165, 1.54) is 16.7 Å². The highest BCUT2D eigenvalue weighted by Crippen LogP contribution is 2.43. The van der Waals surface area contributed by atoms with Gasteiger partial charge in [0.2, 0.25) is 0 Å². The SMILES string of the molecule is CC(C)Oc1c(C(C)(C)C)cc(C(C)(C)S)cc1C(C)(C)C. The van der Waals surface area contributed by atoms with E-state index >= 15 is 0 Å². The lowest BCUT2D eigenvalue weighted by Crippen LogP contribution is -2.24. The van der Waals surface area contributed by atoms with E-state index in [0.29, 0.717) is 0 Å². The topological polar surface area (TPSA) is 9.23 Å². The predicted molar refractivity (Wildman–Crippen MR) is 102 cm³/mol. The van der Waals surface area contributed by atoms with Crippen molar-refractivity contribution in [3.05, 3.63) is 28.8 Å². The summed E-state index contributed by atoms with van der Waals surface area (Å²) in [5.74, 6) is 1.05. The number of benzene rings is 1. The molecule has 1 aromatic rings. The van der Waals surface area contributed by atoms with Crippen molar-refractivity contribution in [1.29, 1.82) is 0 Å². The maximum atomic E-state index is 6.27. The minimum absolute atomic E-state index is 0.0270. The molecular weight excluding hydrogens is 288 g/mol. The lowest BCUT2D eigenvalue weighted by molar-refractivity contribution is 0.230. The first-order chi connectivity index (χ1) is 9.64. The van der Waals surface area contributed by atoms with E-state index in [4.69, 9.17) is 17.4 Å². The Kier molecular flexibility index (Phi) is 5.39. The van der Waals surface area contributed by atoms with Gasteiger partial charge >= 0.3 is 0 Å². The van der Waals surface area contributed by atoms with Crippen LogP contribution in [-0.2, 0) is 15.6 Å². The van der Waals surface area contributed by atoms with Crippen LogP contribution in [0.4, 0.5) is 0 Å².